The summed E-state index contributed by atoms with van der Waals surface area (Å²) in [4.78, 5) is 12.1. The fourth-order valence-corrected chi connectivity index (χ4v) is 4.24. The molecule has 0 aromatic heterocycles. The van der Waals surface area contributed by atoms with Crippen LogP contribution in [0.25, 0.3) is 0 Å². The van der Waals surface area contributed by atoms with Crippen LogP contribution >= 0.6 is 11.6 Å². The van der Waals surface area contributed by atoms with E-state index in [1.807, 2.05) is 0 Å². The van der Waals surface area contributed by atoms with Gasteiger partial charge in [0.2, 0.25) is 0 Å². The Kier molecular flexibility index (Phi) is 6.69. The molecule has 3 aromatic carbocycles. The number of rotatable bonds is 7. The maximum atomic E-state index is 13.0. The zero-order chi connectivity index (χ0) is 21.7. The quantitative estimate of drug-likeness (QED) is 0.560. The average Bonchev–Trinajstić information content (AvgIpc) is 2.71. The molecule has 1 amide bonds. The molecular formula is C21H17ClF2N2O3S. The third-order valence-electron chi connectivity index (χ3n) is 4.19. The highest BCUT2D eigenvalue weighted by atomic mass is 35.5. The number of carbonyl (C=O) groups is 1. The van der Waals surface area contributed by atoms with Crippen molar-refractivity contribution < 1.29 is 22.0 Å². The lowest BCUT2D eigenvalue weighted by Crippen LogP contribution is -2.26. The fourth-order valence-electron chi connectivity index (χ4n) is 2.65. The number of carbonyl (C=O) groups excluding carboxylic acids is 1. The average molecular weight is 451 g/mol. The van der Waals surface area contributed by atoms with Crippen LogP contribution in [0.4, 0.5) is 14.5 Å². The van der Waals surface area contributed by atoms with Crippen LogP contribution in [0.1, 0.15) is 15.9 Å². The van der Waals surface area contributed by atoms with Gasteiger partial charge in [0.1, 0.15) is 16.5 Å². The first-order chi connectivity index (χ1) is 14.2. The van der Waals surface area contributed by atoms with Crippen molar-refractivity contribution in [3.63, 3.8) is 0 Å². The summed E-state index contributed by atoms with van der Waals surface area (Å²) in [6.07, 6.45) is 0.483. The van der Waals surface area contributed by atoms with Crippen molar-refractivity contribution in [2.75, 3.05) is 11.3 Å². The van der Waals surface area contributed by atoms with Crippen LogP contribution in [0, 0.1) is 11.6 Å². The van der Waals surface area contributed by atoms with Gasteiger partial charge in [-0.3, -0.25) is 9.52 Å². The predicted octanol–water partition coefficient (Wildman–Crippen LogP) is 4.39. The molecule has 0 unspecified atom stereocenters. The van der Waals surface area contributed by atoms with E-state index < -0.39 is 21.7 Å². The minimum absolute atomic E-state index is 0.0625. The second kappa shape index (κ2) is 9.23. The van der Waals surface area contributed by atoms with Gasteiger partial charge < -0.3 is 5.32 Å². The van der Waals surface area contributed by atoms with Crippen molar-refractivity contribution in [1.82, 2.24) is 5.32 Å². The molecule has 3 rings (SSSR count). The Morgan fingerprint density at radius 2 is 1.50 bits per heavy atom. The van der Waals surface area contributed by atoms with Crippen molar-refractivity contribution in [2.45, 2.75) is 11.3 Å². The zero-order valence-electron chi connectivity index (χ0n) is 15.5. The van der Waals surface area contributed by atoms with Crippen molar-refractivity contribution >= 4 is 33.2 Å². The number of nitrogens with one attached hydrogen (secondary N) is 2. The summed E-state index contributed by atoms with van der Waals surface area (Å²) in [6.45, 7) is 0.281. The van der Waals surface area contributed by atoms with Crippen LogP contribution in [-0.2, 0) is 16.4 Å². The molecule has 0 atom stereocenters. The molecule has 3 aromatic rings. The Balaban J connectivity index is 1.71. The van der Waals surface area contributed by atoms with E-state index >= 15 is 0 Å². The lowest BCUT2D eigenvalue weighted by Gasteiger charge is -2.11. The molecule has 0 saturated carbocycles. The SMILES string of the molecule is O=C(NCCc1ccc(F)cc1)c1ccc(Cl)c(S(=O)(=O)Nc2ccc(F)cc2)c1. The van der Waals surface area contributed by atoms with Gasteiger partial charge in [0.05, 0.1) is 5.02 Å². The molecule has 9 heteroatoms. The van der Waals surface area contributed by atoms with E-state index in [1.54, 1.807) is 12.1 Å². The van der Waals surface area contributed by atoms with Gasteiger partial charge in [-0.05, 0) is 66.6 Å². The maximum absolute atomic E-state index is 13.0. The fraction of sp³-hybridized carbons (Fsp3) is 0.0952. The molecule has 5 nitrogen and oxygen atoms in total. The molecule has 0 bridgehead atoms. The maximum Gasteiger partial charge on any atom is 0.263 e. The molecular weight excluding hydrogens is 434 g/mol. The summed E-state index contributed by atoms with van der Waals surface area (Å²) in [5, 5.41) is 2.62. The van der Waals surface area contributed by atoms with Crippen LogP contribution in [0.3, 0.4) is 0 Å². The third kappa shape index (κ3) is 5.55. The molecule has 0 fully saturated rings. The summed E-state index contributed by atoms with van der Waals surface area (Å²) in [7, 11) is -4.10. The first kappa shape index (κ1) is 21.7. The summed E-state index contributed by atoms with van der Waals surface area (Å²) < 4.78 is 53.6. The van der Waals surface area contributed by atoms with Gasteiger partial charge in [-0.15, -0.1) is 0 Å². The summed E-state index contributed by atoms with van der Waals surface area (Å²) in [5.74, 6) is -1.32. The number of sulfonamides is 1. The number of hydrogen-bond acceptors (Lipinski definition) is 3. The molecule has 0 saturated heterocycles. The Labute approximate surface area is 177 Å². The first-order valence-electron chi connectivity index (χ1n) is 8.85. The molecule has 0 aliphatic rings. The minimum Gasteiger partial charge on any atom is -0.352 e. The van der Waals surface area contributed by atoms with E-state index in [0.29, 0.717) is 6.42 Å². The smallest absolute Gasteiger partial charge is 0.263 e. The third-order valence-corrected chi connectivity index (χ3v) is 6.05. The lowest BCUT2D eigenvalue weighted by molar-refractivity contribution is 0.0954. The topological polar surface area (TPSA) is 75.3 Å². The molecule has 2 N–H and O–H groups in total. The normalized spacial score (nSPS) is 11.2. The Bertz CT molecular complexity index is 1150. The standard InChI is InChI=1S/C21H17ClF2N2O3S/c22-19-10-3-15(21(27)25-12-11-14-1-4-16(23)5-2-14)13-20(19)30(28,29)26-18-8-6-17(24)7-9-18/h1-10,13,26H,11-12H2,(H,25,27). The highest BCUT2D eigenvalue weighted by Gasteiger charge is 2.20. The second-order valence-corrected chi connectivity index (χ2v) is 8.45. The molecule has 0 aliphatic heterocycles. The number of amides is 1. The number of halogens is 3. The number of benzene rings is 3. The molecule has 0 spiro atoms. The van der Waals surface area contributed by atoms with Crippen LogP contribution in [0.15, 0.2) is 71.6 Å². The van der Waals surface area contributed by atoms with E-state index in [2.05, 4.69) is 10.0 Å². The Morgan fingerprint density at radius 3 is 2.13 bits per heavy atom. The second-order valence-electron chi connectivity index (χ2n) is 6.39. The lowest BCUT2D eigenvalue weighted by atomic mass is 10.1. The molecule has 30 heavy (non-hydrogen) atoms. The highest BCUT2D eigenvalue weighted by molar-refractivity contribution is 7.92. The van der Waals surface area contributed by atoms with E-state index in [4.69, 9.17) is 11.6 Å². The molecule has 0 heterocycles. The highest BCUT2D eigenvalue weighted by Crippen LogP contribution is 2.25. The van der Waals surface area contributed by atoms with Gasteiger partial charge in [0, 0.05) is 17.8 Å². The number of anilines is 1. The first-order valence-corrected chi connectivity index (χ1v) is 10.7. The van der Waals surface area contributed by atoms with Crippen molar-refractivity contribution in [3.8, 4) is 0 Å². The molecule has 156 valence electrons. The molecule has 0 aliphatic carbocycles. The van der Waals surface area contributed by atoms with E-state index in [-0.39, 0.29) is 33.5 Å². The van der Waals surface area contributed by atoms with Crippen molar-refractivity contribution in [2.24, 2.45) is 0 Å². The van der Waals surface area contributed by atoms with Gasteiger partial charge in [0.25, 0.3) is 15.9 Å². The monoisotopic (exact) mass is 450 g/mol. The van der Waals surface area contributed by atoms with Gasteiger partial charge in [-0.2, -0.15) is 0 Å². The van der Waals surface area contributed by atoms with Crippen LogP contribution in [-0.4, -0.2) is 20.9 Å². The van der Waals surface area contributed by atoms with E-state index in [9.17, 15) is 22.0 Å². The predicted molar refractivity (Wildman–Crippen MR) is 111 cm³/mol. The largest absolute Gasteiger partial charge is 0.352 e. The number of hydrogen-bond donors (Lipinski definition) is 2. The van der Waals surface area contributed by atoms with Gasteiger partial charge in [0.15, 0.2) is 0 Å². The molecule has 0 radical (unpaired) electrons. The van der Waals surface area contributed by atoms with Gasteiger partial charge in [-0.25, -0.2) is 17.2 Å². The van der Waals surface area contributed by atoms with Crippen LogP contribution in [0.2, 0.25) is 5.02 Å². The summed E-state index contributed by atoms with van der Waals surface area (Å²) >= 11 is 6.03. The van der Waals surface area contributed by atoms with E-state index in [0.717, 1.165) is 17.7 Å². The van der Waals surface area contributed by atoms with Gasteiger partial charge >= 0.3 is 0 Å². The zero-order valence-corrected chi connectivity index (χ0v) is 17.1. The van der Waals surface area contributed by atoms with E-state index in [1.165, 1.54) is 42.5 Å². The summed E-state index contributed by atoms with van der Waals surface area (Å²) in [5.41, 5.74) is 1.11. The minimum atomic E-state index is -4.10. The summed E-state index contributed by atoms with van der Waals surface area (Å²) in [6, 6.07) is 14.6. The van der Waals surface area contributed by atoms with Crippen molar-refractivity contribution in [1.29, 1.82) is 0 Å². The van der Waals surface area contributed by atoms with Crippen LogP contribution < -0.4 is 10.0 Å². The van der Waals surface area contributed by atoms with Crippen LogP contribution in [0.5, 0.6) is 0 Å². The van der Waals surface area contributed by atoms with Crippen molar-refractivity contribution in [3.05, 3.63) is 94.5 Å². The Morgan fingerprint density at radius 1 is 0.900 bits per heavy atom. The van der Waals surface area contributed by atoms with Gasteiger partial charge in [-0.1, -0.05) is 23.7 Å². The Hall–Kier alpha value is -2.97.